The molecule has 1 unspecified atom stereocenters. The Hall–Kier alpha value is -3.11. The van der Waals surface area contributed by atoms with E-state index >= 15 is 0 Å². The number of thioether (sulfide) groups is 1. The summed E-state index contributed by atoms with van der Waals surface area (Å²) in [6, 6.07) is 9.02. The van der Waals surface area contributed by atoms with Crippen LogP contribution in [0.1, 0.15) is 36.4 Å². The van der Waals surface area contributed by atoms with E-state index in [9.17, 15) is 9.59 Å². The fourth-order valence-corrected chi connectivity index (χ4v) is 6.28. The summed E-state index contributed by atoms with van der Waals surface area (Å²) >= 11 is 2.82. The van der Waals surface area contributed by atoms with E-state index in [2.05, 4.69) is 10.5 Å². The summed E-state index contributed by atoms with van der Waals surface area (Å²) in [5, 5.41) is 7.16. The Labute approximate surface area is 204 Å². The van der Waals surface area contributed by atoms with Gasteiger partial charge in [-0.25, -0.2) is 4.98 Å². The number of hydrogen-bond acceptors (Lipinski definition) is 8. The molecule has 176 valence electrons. The first-order valence-electron chi connectivity index (χ1n) is 11.2. The van der Waals surface area contributed by atoms with Crippen LogP contribution in [0, 0.1) is 6.92 Å². The van der Waals surface area contributed by atoms with Gasteiger partial charge in [-0.05, 0) is 69.9 Å². The molecule has 0 bridgehead atoms. The number of carbonyl (C=O) groups is 1. The van der Waals surface area contributed by atoms with E-state index in [1.807, 2.05) is 31.2 Å². The maximum atomic E-state index is 13.8. The van der Waals surface area contributed by atoms with E-state index in [1.54, 1.807) is 35.8 Å². The van der Waals surface area contributed by atoms with Crippen LogP contribution < -0.4 is 15.6 Å². The molecule has 4 aromatic rings. The summed E-state index contributed by atoms with van der Waals surface area (Å²) in [5.74, 6) is 0.758. The molecule has 34 heavy (non-hydrogen) atoms. The van der Waals surface area contributed by atoms with Crippen molar-refractivity contribution in [2.45, 2.75) is 50.4 Å². The van der Waals surface area contributed by atoms with Crippen molar-refractivity contribution in [2.75, 3.05) is 11.9 Å². The Balaban J connectivity index is 1.55. The predicted molar refractivity (Wildman–Crippen MR) is 134 cm³/mol. The number of nitrogens with one attached hydrogen (secondary N) is 1. The number of thiophene rings is 1. The van der Waals surface area contributed by atoms with Gasteiger partial charge < -0.3 is 9.26 Å². The molecule has 0 fully saturated rings. The molecule has 1 aliphatic rings. The molecule has 3 aromatic heterocycles. The van der Waals surface area contributed by atoms with Crippen LogP contribution >= 0.6 is 23.1 Å². The maximum Gasteiger partial charge on any atom is 0.267 e. The van der Waals surface area contributed by atoms with Gasteiger partial charge in [0.1, 0.15) is 10.6 Å². The van der Waals surface area contributed by atoms with Crippen molar-refractivity contribution >= 4 is 45.1 Å². The quantitative estimate of drug-likeness (QED) is 0.291. The molecule has 1 aliphatic carbocycles. The van der Waals surface area contributed by atoms with Crippen molar-refractivity contribution in [2.24, 2.45) is 0 Å². The first kappa shape index (κ1) is 22.7. The van der Waals surface area contributed by atoms with E-state index in [4.69, 9.17) is 14.2 Å². The first-order chi connectivity index (χ1) is 16.4. The number of nitrogens with zero attached hydrogens (tertiary/aromatic N) is 3. The minimum absolute atomic E-state index is 0.102. The molecular weight excluding hydrogens is 472 g/mol. The van der Waals surface area contributed by atoms with E-state index in [1.165, 1.54) is 16.6 Å². The first-order valence-corrected chi connectivity index (χ1v) is 12.9. The van der Waals surface area contributed by atoms with Crippen LogP contribution in [0.2, 0.25) is 0 Å². The summed E-state index contributed by atoms with van der Waals surface area (Å²) in [6.45, 7) is 6.04. The minimum Gasteiger partial charge on any atom is -0.494 e. The van der Waals surface area contributed by atoms with Gasteiger partial charge in [-0.1, -0.05) is 16.9 Å². The Morgan fingerprint density at radius 3 is 2.82 bits per heavy atom. The second-order valence-corrected chi connectivity index (χ2v) is 10.5. The lowest BCUT2D eigenvalue weighted by Crippen LogP contribution is -2.26. The number of anilines is 1. The number of carbonyl (C=O) groups excluding carboxylic acids is 1. The predicted octanol–water partition coefficient (Wildman–Crippen LogP) is 4.75. The van der Waals surface area contributed by atoms with E-state index in [-0.39, 0.29) is 17.4 Å². The number of benzene rings is 1. The van der Waals surface area contributed by atoms with E-state index in [0.29, 0.717) is 28.5 Å². The number of rotatable bonds is 7. The lowest BCUT2D eigenvalue weighted by Gasteiger charge is -2.16. The van der Waals surface area contributed by atoms with Gasteiger partial charge in [-0.2, -0.15) is 0 Å². The number of fused-ring (bicyclic) bond motifs is 3. The molecule has 5 rings (SSSR count). The second kappa shape index (κ2) is 9.27. The fourth-order valence-electron chi connectivity index (χ4n) is 4.05. The molecular formula is C24H24N4O4S2. The molecule has 1 aromatic carbocycles. The SMILES string of the molecule is CCOc1ccc(-n2c(SC(C)C(=O)Nc3cc(C)no3)nc3sc4c(c3c2=O)CCC4)cc1. The summed E-state index contributed by atoms with van der Waals surface area (Å²) in [4.78, 5) is 33.4. The molecule has 10 heteroatoms. The van der Waals surface area contributed by atoms with Gasteiger partial charge in [0.15, 0.2) is 5.16 Å². The standard InChI is InChI=1S/C24H24N4O4S2/c1-4-31-16-10-8-15(9-11-16)28-23(30)20-17-6-5-7-18(17)34-22(20)26-24(28)33-14(3)21(29)25-19-12-13(2)27-32-19/h8-12,14H,4-7H2,1-3H3,(H,25,29). The summed E-state index contributed by atoms with van der Waals surface area (Å²) in [6.07, 6.45) is 2.95. The van der Waals surface area contributed by atoms with Gasteiger partial charge in [0.25, 0.3) is 5.56 Å². The molecule has 1 amide bonds. The Morgan fingerprint density at radius 1 is 1.32 bits per heavy atom. The molecule has 0 saturated heterocycles. The van der Waals surface area contributed by atoms with Gasteiger partial charge in [-0.3, -0.25) is 19.5 Å². The minimum atomic E-state index is -0.532. The lowest BCUT2D eigenvalue weighted by atomic mass is 10.2. The van der Waals surface area contributed by atoms with Gasteiger partial charge >= 0.3 is 0 Å². The average Bonchev–Trinajstić information content (AvgIpc) is 3.51. The molecule has 8 nitrogen and oxygen atoms in total. The Morgan fingerprint density at radius 2 is 2.12 bits per heavy atom. The summed E-state index contributed by atoms with van der Waals surface area (Å²) < 4.78 is 12.3. The van der Waals surface area contributed by atoms with E-state index in [0.717, 1.165) is 35.4 Å². The highest BCUT2D eigenvalue weighted by molar-refractivity contribution is 8.00. The normalized spacial score (nSPS) is 13.7. The second-order valence-electron chi connectivity index (χ2n) is 8.08. The number of amides is 1. The maximum absolute atomic E-state index is 13.8. The molecule has 0 spiro atoms. The third-order valence-corrected chi connectivity index (χ3v) is 7.88. The number of aryl methyl sites for hydroxylation is 3. The van der Waals surface area contributed by atoms with Crippen LogP contribution in [0.25, 0.3) is 15.9 Å². The zero-order chi connectivity index (χ0) is 23.8. The number of ether oxygens (including phenoxy) is 1. The zero-order valence-electron chi connectivity index (χ0n) is 19.1. The van der Waals surface area contributed by atoms with Crippen molar-refractivity contribution in [1.82, 2.24) is 14.7 Å². The smallest absolute Gasteiger partial charge is 0.267 e. The Kier molecular flexibility index (Phi) is 6.18. The fraction of sp³-hybridized carbons (Fsp3) is 0.333. The third kappa shape index (κ3) is 4.23. The largest absolute Gasteiger partial charge is 0.494 e. The van der Waals surface area contributed by atoms with Crippen molar-refractivity contribution < 1.29 is 14.1 Å². The van der Waals surface area contributed by atoms with Gasteiger partial charge in [0.05, 0.1) is 28.6 Å². The van der Waals surface area contributed by atoms with E-state index < -0.39 is 5.25 Å². The van der Waals surface area contributed by atoms with Crippen molar-refractivity contribution in [3.05, 3.63) is 56.8 Å². The molecule has 1 atom stereocenters. The Bertz CT molecular complexity index is 1420. The van der Waals surface area contributed by atoms with Gasteiger partial charge in [0, 0.05) is 10.9 Å². The monoisotopic (exact) mass is 496 g/mol. The van der Waals surface area contributed by atoms with Crippen molar-refractivity contribution in [3.8, 4) is 11.4 Å². The highest BCUT2D eigenvalue weighted by Gasteiger charge is 2.26. The van der Waals surface area contributed by atoms with Gasteiger partial charge in [0.2, 0.25) is 11.8 Å². The average molecular weight is 497 g/mol. The molecule has 3 heterocycles. The van der Waals surface area contributed by atoms with Crippen LogP contribution in [0.15, 0.2) is 44.8 Å². The van der Waals surface area contributed by atoms with Crippen LogP contribution in [-0.4, -0.2) is 32.5 Å². The topological polar surface area (TPSA) is 99.2 Å². The number of aromatic nitrogens is 3. The number of hydrogen-bond donors (Lipinski definition) is 1. The molecule has 0 aliphatic heterocycles. The van der Waals surface area contributed by atoms with Crippen LogP contribution in [0.3, 0.4) is 0 Å². The van der Waals surface area contributed by atoms with Crippen molar-refractivity contribution in [3.63, 3.8) is 0 Å². The summed E-state index contributed by atoms with van der Waals surface area (Å²) in [5.41, 5.74) is 2.38. The van der Waals surface area contributed by atoms with Gasteiger partial charge in [-0.15, -0.1) is 11.3 Å². The summed E-state index contributed by atoms with van der Waals surface area (Å²) in [7, 11) is 0. The van der Waals surface area contributed by atoms with Crippen LogP contribution in [0.5, 0.6) is 5.75 Å². The van der Waals surface area contributed by atoms with Crippen LogP contribution in [-0.2, 0) is 17.6 Å². The lowest BCUT2D eigenvalue weighted by molar-refractivity contribution is -0.115. The zero-order valence-corrected chi connectivity index (χ0v) is 20.7. The third-order valence-electron chi connectivity index (χ3n) is 5.64. The molecule has 0 radical (unpaired) electrons. The highest BCUT2D eigenvalue weighted by atomic mass is 32.2. The van der Waals surface area contributed by atoms with Crippen LogP contribution in [0.4, 0.5) is 5.88 Å². The molecule has 0 saturated carbocycles. The molecule has 1 N–H and O–H groups in total. The van der Waals surface area contributed by atoms with Crippen molar-refractivity contribution in [1.29, 1.82) is 0 Å². The highest BCUT2D eigenvalue weighted by Crippen LogP contribution is 2.36.